The Hall–Kier alpha value is -3.87. The van der Waals surface area contributed by atoms with Crippen LogP contribution in [-0.4, -0.2) is 21.3 Å². The Bertz CT molecular complexity index is 1260. The van der Waals surface area contributed by atoms with Gasteiger partial charge in [-0.2, -0.15) is 0 Å². The molecule has 2 aromatic carbocycles. The number of ether oxygens (including phenoxy) is 1. The molecule has 0 saturated carbocycles. The number of ketones is 1. The van der Waals surface area contributed by atoms with Gasteiger partial charge in [-0.3, -0.25) is 14.2 Å². The molecule has 31 heavy (non-hydrogen) atoms. The van der Waals surface area contributed by atoms with Crippen LogP contribution in [0.4, 0.5) is 4.39 Å². The highest BCUT2D eigenvalue weighted by molar-refractivity contribution is 5.93. The molecule has 0 radical (unpaired) electrons. The molecule has 156 valence electrons. The van der Waals surface area contributed by atoms with Gasteiger partial charge in [-0.05, 0) is 25.5 Å². The van der Waals surface area contributed by atoms with Crippen LogP contribution in [0.1, 0.15) is 35.2 Å². The first-order chi connectivity index (χ1) is 15.0. The quantitative estimate of drug-likeness (QED) is 0.595. The zero-order valence-electron chi connectivity index (χ0n) is 16.8. The third-order valence-electron chi connectivity index (χ3n) is 5.09. The summed E-state index contributed by atoms with van der Waals surface area (Å²) in [4.78, 5) is 42.0. The number of nitrogens with zero attached hydrogens (tertiary/aromatic N) is 2. The Kier molecular flexibility index (Phi) is 5.58. The lowest BCUT2D eigenvalue weighted by atomic mass is 10.1. The van der Waals surface area contributed by atoms with E-state index in [0.29, 0.717) is 24.8 Å². The fourth-order valence-electron chi connectivity index (χ4n) is 3.46. The van der Waals surface area contributed by atoms with Crippen molar-refractivity contribution in [2.75, 3.05) is 0 Å². The third-order valence-corrected chi connectivity index (χ3v) is 5.09. The molecule has 6 nitrogen and oxygen atoms in total. The number of aromatic nitrogens is 2. The minimum Gasteiger partial charge on any atom is -0.427 e. The molecule has 0 unspecified atom stereocenters. The number of benzene rings is 2. The lowest BCUT2D eigenvalue weighted by Crippen LogP contribution is -2.29. The molecule has 3 aromatic rings. The molecule has 0 N–H and O–H groups in total. The van der Waals surface area contributed by atoms with Crippen LogP contribution in [0.5, 0.6) is 0 Å². The highest BCUT2D eigenvalue weighted by Crippen LogP contribution is 2.23. The molecule has 0 atom stereocenters. The molecular formula is C24H19FN2O4. The van der Waals surface area contributed by atoms with Gasteiger partial charge in [0.25, 0.3) is 5.56 Å². The van der Waals surface area contributed by atoms with Gasteiger partial charge in [0, 0.05) is 36.2 Å². The zero-order chi connectivity index (χ0) is 22.0. The highest BCUT2D eigenvalue weighted by Gasteiger charge is 2.23. The number of rotatable bonds is 4. The molecule has 0 amide bonds. The van der Waals surface area contributed by atoms with Crippen LogP contribution in [-0.2, 0) is 9.53 Å². The van der Waals surface area contributed by atoms with Crippen molar-refractivity contribution in [1.29, 1.82) is 0 Å². The summed E-state index contributed by atoms with van der Waals surface area (Å²) in [6.45, 7) is 1.55. The van der Waals surface area contributed by atoms with E-state index in [1.54, 1.807) is 37.3 Å². The lowest BCUT2D eigenvalue weighted by molar-refractivity contribution is -0.115. The summed E-state index contributed by atoms with van der Waals surface area (Å²) in [6.07, 6.45) is 3.85. The van der Waals surface area contributed by atoms with Crippen LogP contribution < -0.4 is 5.56 Å². The predicted molar refractivity (Wildman–Crippen MR) is 112 cm³/mol. The molecular weight excluding hydrogens is 399 g/mol. The Morgan fingerprint density at radius 2 is 1.84 bits per heavy atom. The van der Waals surface area contributed by atoms with Crippen molar-refractivity contribution in [3.05, 3.63) is 93.9 Å². The molecule has 1 aliphatic carbocycles. The summed E-state index contributed by atoms with van der Waals surface area (Å²) in [6, 6.07) is 13.3. The van der Waals surface area contributed by atoms with Gasteiger partial charge in [0.05, 0.1) is 5.69 Å². The van der Waals surface area contributed by atoms with Gasteiger partial charge in [-0.25, -0.2) is 14.2 Å². The molecule has 0 fully saturated rings. The number of allylic oxidation sites excluding steroid dienone is 2. The first kappa shape index (κ1) is 20.4. The summed E-state index contributed by atoms with van der Waals surface area (Å²) < 4.78 is 20.8. The second-order valence-corrected chi connectivity index (χ2v) is 7.21. The number of esters is 1. The Labute approximate surface area is 177 Å². The van der Waals surface area contributed by atoms with Crippen LogP contribution in [0, 0.1) is 12.7 Å². The monoisotopic (exact) mass is 418 g/mol. The fourth-order valence-corrected chi connectivity index (χ4v) is 3.46. The van der Waals surface area contributed by atoms with Crippen LogP contribution in [0.25, 0.3) is 17.1 Å². The molecule has 7 heteroatoms. The highest BCUT2D eigenvalue weighted by atomic mass is 19.1. The summed E-state index contributed by atoms with van der Waals surface area (Å²) >= 11 is 0. The zero-order valence-corrected chi connectivity index (χ0v) is 16.8. The van der Waals surface area contributed by atoms with Gasteiger partial charge in [-0.15, -0.1) is 0 Å². The fraction of sp³-hybridized carbons (Fsp3) is 0.167. The van der Waals surface area contributed by atoms with Crippen molar-refractivity contribution < 1.29 is 18.7 Å². The van der Waals surface area contributed by atoms with Crippen molar-refractivity contribution in [1.82, 2.24) is 9.55 Å². The van der Waals surface area contributed by atoms with Crippen LogP contribution in [0.3, 0.4) is 0 Å². The maximum Gasteiger partial charge on any atom is 0.350 e. The van der Waals surface area contributed by atoms with E-state index in [1.165, 1.54) is 22.8 Å². The van der Waals surface area contributed by atoms with Crippen LogP contribution >= 0.6 is 0 Å². The summed E-state index contributed by atoms with van der Waals surface area (Å²) in [5, 5.41) is 0. The first-order valence-electron chi connectivity index (χ1n) is 9.84. The van der Waals surface area contributed by atoms with Gasteiger partial charge in [-0.1, -0.05) is 36.4 Å². The molecule has 0 spiro atoms. The van der Waals surface area contributed by atoms with E-state index in [1.807, 2.05) is 6.07 Å². The maximum absolute atomic E-state index is 14.3. The molecule has 1 heterocycles. The van der Waals surface area contributed by atoms with E-state index in [4.69, 9.17) is 4.74 Å². The van der Waals surface area contributed by atoms with Crippen molar-refractivity contribution in [3.8, 4) is 17.1 Å². The molecule has 4 rings (SSSR count). The number of carbonyl (C=O) groups is 2. The second-order valence-electron chi connectivity index (χ2n) is 7.21. The normalized spacial score (nSPS) is 13.6. The molecule has 1 aromatic heterocycles. The van der Waals surface area contributed by atoms with Crippen molar-refractivity contribution in [2.24, 2.45) is 0 Å². The Balaban J connectivity index is 1.86. The smallest absolute Gasteiger partial charge is 0.350 e. The van der Waals surface area contributed by atoms with E-state index >= 15 is 0 Å². The van der Waals surface area contributed by atoms with Gasteiger partial charge in [0.1, 0.15) is 23.0 Å². The van der Waals surface area contributed by atoms with E-state index < -0.39 is 17.3 Å². The average molecular weight is 418 g/mol. The average Bonchev–Trinajstić information content (AvgIpc) is 2.76. The largest absolute Gasteiger partial charge is 0.427 e. The van der Waals surface area contributed by atoms with Gasteiger partial charge >= 0.3 is 5.97 Å². The van der Waals surface area contributed by atoms with Crippen molar-refractivity contribution in [3.63, 3.8) is 0 Å². The molecule has 1 aliphatic rings. The number of carbonyl (C=O) groups excluding carboxylic acids is 2. The maximum atomic E-state index is 14.3. The van der Waals surface area contributed by atoms with E-state index in [2.05, 4.69) is 4.98 Å². The standard InChI is InChI=1S/C24H19FN2O4/c1-15-20(25)11-6-12-21(15)27-22(16-7-3-2-4-8-16)26-14-19(23(27)29)24(30)31-18-10-5-9-17(28)13-18/h2-4,6-8,11-14H,5,9-10H2,1H3. The first-order valence-corrected chi connectivity index (χ1v) is 9.84. The lowest BCUT2D eigenvalue weighted by Gasteiger charge is -2.16. The third kappa shape index (κ3) is 4.07. The second kappa shape index (κ2) is 8.47. The molecule has 0 aliphatic heterocycles. The Morgan fingerprint density at radius 1 is 1.06 bits per heavy atom. The molecule has 0 saturated heterocycles. The van der Waals surface area contributed by atoms with Crippen LogP contribution in [0.2, 0.25) is 0 Å². The van der Waals surface area contributed by atoms with Gasteiger partial charge in [0.15, 0.2) is 5.78 Å². The van der Waals surface area contributed by atoms with E-state index in [9.17, 15) is 18.8 Å². The van der Waals surface area contributed by atoms with Crippen LogP contribution in [0.15, 0.2) is 71.4 Å². The van der Waals surface area contributed by atoms with Crippen molar-refractivity contribution in [2.45, 2.75) is 26.2 Å². The van der Waals surface area contributed by atoms with Gasteiger partial charge in [0.2, 0.25) is 0 Å². The van der Waals surface area contributed by atoms with Gasteiger partial charge < -0.3 is 4.74 Å². The minimum atomic E-state index is -0.902. The summed E-state index contributed by atoms with van der Waals surface area (Å²) in [5.41, 5.74) is 0.161. The minimum absolute atomic E-state index is 0.126. The van der Waals surface area contributed by atoms with Crippen molar-refractivity contribution >= 4 is 11.8 Å². The SMILES string of the molecule is Cc1c(F)cccc1-n1c(-c2ccccc2)ncc(C(=O)OC2=CC(=O)CCC2)c1=O. The van der Waals surface area contributed by atoms with E-state index in [0.717, 1.165) is 6.20 Å². The van der Waals surface area contributed by atoms with E-state index in [-0.39, 0.29) is 34.2 Å². The number of halogens is 1. The molecule has 0 bridgehead atoms. The Morgan fingerprint density at radius 3 is 2.58 bits per heavy atom. The number of hydrogen-bond donors (Lipinski definition) is 0. The summed E-state index contributed by atoms with van der Waals surface area (Å²) in [5.74, 6) is -1.02. The predicted octanol–water partition coefficient (Wildman–Crippen LogP) is 4.14. The number of hydrogen-bond acceptors (Lipinski definition) is 5. The topological polar surface area (TPSA) is 78.3 Å². The summed E-state index contributed by atoms with van der Waals surface area (Å²) in [7, 11) is 0.